The summed E-state index contributed by atoms with van der Waals surface area (Å²) in [5, 5.41) is 9.71. The van der Waals surface area contributed by atoms with Crippen LogP contribution in [0, 0.1) is 0 Å². The summed E-state index contributed by atoms with van der Waals surface area (Å²) in [5.41, 5.74) is 0. The van der Waals surface area contributed by atoms with Crippen LogP contribution in [0.1, 0.15) is 6.92 Å². The fourth-order valence-electron chi connectivity index (χ4n) is 1.49. The van der Waals surface area contributed by atoms with Gasteiger partial charge in [0.25, 0.3) is 10.0 Å². The van der Waals surface area contributed by atoms with E-state index in [1.54, 1.807) is 0 Å². The molecule has 2 heterocycles. The second-order valence-electron chi connectivity index (χ2n) is 3.81. The van der Waals surface area contributed by atoms with Crippen molar-refractivity contribution in [3.05, 3.63) is 0 Å². The molecule has 106 valence electrons. The molecule has 0 aromatic carbocycles. The summed E-state index contributed by atoms with van der Waals surface area (Å²) < 4.78 is 36.7. The fraction of sp³-hybridized carbons (Fsp3) is 0.625. The molecule has 1 fully saturated rings. The number of anilines is 1. The molecule has 1 N–H and O–H groups in total. The fourth-order valence-corrected chi connectivity index (χ4v) is 5.30. The molecule has 1 aromatic heterocycles. The van der Waals surface area contributed by atoms with Gasteiger partial charge in [-0.2, -0.15) is 4.31 Å². The second-order valence-corrected chi connectivity index (χ2v) is 8.59. The molecule has 1 amide bonds. The molecule has 0 unspecified atom stereocenters. The first kappa shape index (κ1) is 14.5. The molecule has 1 aliphatic heterocycles. The molecule has 0 saturated carbocycles. The highest BCUT2D eigenvalue weighted by atomic mass is 32.2. The summed E-state index contributed by atoms with van der Waals surface area (Å²) >= 11 is 0.803. The van der Waals surface area contributed by atoms with Crippen molar-refractivity contribution in [2.24, 2.45) is 0 Å². The number of nitrogens with zero attached hydrogens (tertiary/aromatic N) is 3. The van der Waals surface area contributed by atoms with E-state index in [1.165, 1.54) is 11.2 Å². The van der Waals surface area contributed by atoms with Crippen LogP contribution in [0.4, 0.5) is 5.13 Å². The smallest absolute Gasteiger partial charge is 0.272 e. The molecule has 11 heteroatoms. The molecule has 2 rings (SSSR count). The second kappa shape index (κ2) is 5.61. The van der Waals surface area contributed by atoms with E-state index in [2.05, 4.69) is 15.5 Å². The van der Waals surface area contributed by atoms with E-state index in [9.17, 15) is 17.4 Å². The predicted molar refractivity (Wildman–Crippen MR) is 70.8 cm³/mol. The minimum absolute atomic E-state index is 0.145. The minimum Gasteiger partial charge on any atom is -0.301 e. The van der Waals surface area contributed by atoms with Crippen molar-refractivity contribution in [2.45, 2.75) is 11.3 Å². The van der Waals surface area contributed by atoms with E-state index >= 15 is 0 Å². The third-order valence-corrected chi connectivity index (χ3v) is 6.75. The first-order chi connectivity index (χ1) is 8.89. The zero-order valence-corrected chi connectivity index (χ0v) is 12.5. The Morgan fingerprint density at radius 3 is 2.58 bits per heavy atom. The lowest BCUT2D eigenvalue weighted by Crippen LogP contribution is -2.41. The van der Waals surface area contributed by atoms with E-state index in [-0.39, 0.29) is 28.5 Å². The van der Waals surface area contributed by atoms with Crippen molar-refractivity contribution in [1.29, 1.82) is 0 Å². The molecular weight excluding hydrogens is 312 g/mol. The Balaban J connectivity index is 2.17. The number of aromatic nitrogens is 2. The van der Waals surface area contributed by atoms with Crippen molar-refractivity contribution < 1.29 is 17.4 Å². The Morgan fingerprint density at radius 1 is 1.37 bits per heavy atom. The van der Waals surface area contributed by atoms with Gasteiger partial charge in [-0.25, -0.2) is 8.42 Å². The summed E-state index contributed by atoms with van der Waals surface area (Å²) in [5.74, 6) is 0.321. The number of carbonyl (C=O) groups excluding carboxylic acids is 1. The lowest BCUT2D eigenvalue weighted by atomic mass is 10.6. The van der Waals surface area contributed by atoms with Crippen molar-refractivity contribution in [3.63, 3.8) is 0 Å². The van der Waals surface area contributed by atoms with Crippen LogP contribution in [0.15, 0.2) is 4.34 Å². The highest BCUT2D eigenvalue weighted by molar-refractivity contribution is 7.91. The van der Waals surface area contributed by atoms with Gasteiger partial charge in [-0.05, 0) is 0 Å². The van der Waals surface area contributed by atoms with Crippen LogP contribution in [0.5, 0.6) is 0 Å². The lowest BCUT2D eigenvalue weighted by Gasteiger charge is -2.23. The van der Waals surface area contributed by atoms with E-state index < -0.39 is 20.8 Å². The zero-order valence-electron chi connectivity index (χ0n) is 10.0. The summed E-state index contributed by atoms with van der Waals surface area (Å²) in [6.07, 6.45) is 0. The normalized spacial score (nSPS) is 18.4. The van der Waals surface area contributed by atoms with Crippen molar-refractivity contribution in [2.75, 3.05) is 29.9 Å². The standard InChI is InChI=1S/C8H12N4O4S3/c1-6(13)9-7-10-11-8(17-7)19(15,16)12-2-4-18(14)5-3-12/h2-5H2,1H3,(H,9,10,13). The zero-order chi connectivity index (χ0) is 14.0. The van der Waals surface area contributed by atoms with E-state index in [1.807, 2.05) is 0 Å². The van der Waals surface area contributed by atoms with Crippen LogP contribution in [0.3, 0.4) is 0 Å². The van der Waals surface area contributed by atoms with Gasteiger partial charge < -0.3 is 5.32 Å². The van der Waals surface area contributed by atoms with Gasteiger partial charge in [0.15, 0.2) is 0 Å². The molecular formula is C8H12N4O4S3. The summed E-state index contributed by atoms with van der Waals surface area (Å²) in [6, 6.07) is 0. The average molecular weight is 324 g/mol. The van der Waals surface area contributed by atoms with Gasteiger partial charge in [0, 0.05) is 42.3 Å². The Bertz CT molecular complexity index is 601. The molecule has 8 nitrogen and oxygen atoms in total. The van der Waals surface area contributed by atoms with Crippen LogP contribution in [-0.2, 0) is 25.6 Å². The van der Waals surface area contributed by atoms with Crippen molar-refractivity contribution >= 4 is 43.2 Å². The van der Waals surface area contributed by atoms with Crippen LogP contribution >= 0.6 is 11.3 Å². The molecule has 0 spiro atoms. The Kier molecular flexibility index (Phi) is 4.28. The number of rotatable bonds is 3. The minimum atomic E-state index is -3.71. The Hall–Kier alpha value is -0.910. The first-order valence-electron chi connectivity index (χ1n) is 5.36. The highest BCUT2D eigenvalue weighted by Crippen LogP contribution is 2.23. The highest BCUT2D eigenvalue weighted by Gasteiger charge is 2.31. The van der Waals surface area contributed by atoms with Crippen LogP contribution < -0.4 is 5.32 Å². The first-order valence-corrected chi connectivity index (χ1v) is 9.10. The van der Waals surface area contributed by atoms with Gasteiger partial charge in [0.1, 0.15) is 0 Å². The summed E-state index contributed by atoms with van der Waals surface area (Å²) in [6.45, 7) is 1.73. The third-order valence-electron chi connectivity index (χ3n) is 2.39. The van der Waals surface area contributed by atoms with Gasteiger partial charge in [-0.3, -0.25) is 9.00 Å². The SMILES string of the molecule is CC(=O)Nc1nnc(S(=O)(=O)N2CCS(=O)CC2)s1. The third kappa shape index (κ3) is 3.35. The molecule has 0 atom stereocenters. The quantitative estimate of drug-likeness (QED) is 0.733. The Labute approximate surface area is 116 Å². The van der Waals surface area contributed by atoms with E-state index in [4.69, 9.17) is 0 Å². The number of amides is 1. The number of carbonyl (C=O) groups is 1. The largest absolute Gasteiger partial charge is 0.301 e. The van der Waals surface area contributed by atoms with Gasteiger partial charge in [-0.15, -0.1) is 10.2 Å². The van der Waals surface area contributed by atoms with Crippen LogP contribution in [0.25, 0.3) is 0 Å². The predicted octanol–water partition coefficient (Wildman–Crippen LogP) is -0.750. The van der Waals surface area contributed by atoms with Gasteiger partial charge >= 0.3 is 0 Å². The van der Waals surface area contributed by atoms with Crippen molar-refractivity contribution in [3.8, 4) is 0 Å². The van der Waals surface area contributed by atoms with E-state index in [0.29, 0.717) is 11.5 Å². The monoisotopic (exact) mass is 324 g/mol. The summed E-state index contributed by atoms with van der Waals surface area (Å²) in [4.78, 5) is 10.8. The maximum atomic E-state index is 12.2. The topological polar surface area (TPSA) is 109 Å². The number of hydrogen-bond acceptors (Lipinski definition) is 7. The molecule has 1 aliphatic rings. The molecule has 1 aromatic rings. The van der Waals surface area contributed by atoms with Crippen LogP contribution in [-0.4, -0.2) is 57.6 Å². The molecule has 19 heavy (non-hydrogen) atoms. The number of nitrogens with one attached hydrogen (secondary N) is 1. The maximum Gasteiger partial charge on any atom is 0.272 e. The van der Waals surface area contributed by atoms with Crippen molar-refractivity contribution in [1.82, 2.24) is 14.5 Å². The summed E-state index contributed by atoms with van der Waals surface area (Å²) in [7, 11) is -4.66. The van der Waals surface area contributed by atoms with Gasteiger partial charge in [-0.1, -0.05) is 11.3 Å². The van der Waals surface area contributed by atoms with Crippen LogP contribution in [0.2, 0.25) is 0 Å². The molecule has 0 aliphatic carbocycles. The molecule has 0 radical (unpaired) electrons. The number of hydrogen-bond donors (Lipinski definition) is 1. The van der Waals surface area contributed by atoms with E-state index in [0.717, 1.165) is 11.3 Å². The van der Waals surface area contributed by atoms with Gasteiger partial charge in [0.05, 0.1) is 0 Å². The Morgan fingerprint density at radius 2 is 2.00 bits per heavy atom. The lowest BCUT2D eigenvalue weighted by molar-refractivity contribution is -0.114. The molecule has 1 saturated heterocycles. The average Bonchev–Trinajstić information content (AvgIpc) is 2.78. The molecule has 0 bridgehead atoms. The maximum absolute atomic E-state index is 12.2. The number of sulfonamides is 1. The van der Waals surface area contributed by atoms with Gasteiger partial charge in [0.2, 0.25) is 15.4 Å².